The first-order valence-corrected chi connectivity index (χ1v) is 10.7. The highest BCUT2D eigenvalue weighted by Gasteiger charge is 2.06. The van der Waals surface area contributed by atoms with Crippen molar-refractivity contribution in [1.82, 2.24) is 0 Å². The van der Waals surface area contributed by atoms with Gasteiger partial charge < -0.3 is 0 Å². The van der Waals surface area contributed by atoms with E-state index in [0.29, 0.717) is 0 Å². The van der Waals surface area contributed by atoms with Crippen molar-refractivity contribution in [3.8, 4) is 0 Å². The van der Waals surface area contributed by atoms with E-state index in [0.717, 1.165) is 0 Å². The van der Waals surface area contributed by atoms with Crippen LogP contribution in [0.25, 0.3) is 0 Å². The van der Waals surface area contributed by atoms with Crippen molar-refractivity contribution in [2.45, 2.75) is 110 Å². The molecule has 0 spiro atoms. The number of unbranched alkanes of at least 4 members (excludes halogenated alkanes) is 13. The smallest absolute Gasteiger partial charge is 0.181 e. The van der Waals surface area contributed by atoms with Crippen molar-refractivity contribution >= 4 is 0 Å². The highest BCUT2D eigenvalue weighted by atomic mass is 14.9. The topological polar surface area (TPSA) is 3.88 Å². The van der Waals surface area contributed by atoms with E-state index >= 15 is 0 Å². The van der Waals surface area contributed by atoms with E-state index in [1.165, 1.54) is 108 Å². The first kappa shape index (κ1) is 21.2. The fourth-order valence-electron chi connectivity index (χ4n) is 3.52. The van der Waals surface area contributed by atoms with Crippen LogP contribution >= 0.6 is 0 Å². The molecule has 1 rings (SSSR count). The number of hydrogen-bond donors (Lipinski definition) is 0. The lowest BCUT2D eigenvalue weighted by molar-refractivity contribution is -0.678. The second-order valence-corrected chi connectivity index (χ2v) is 7.58. The van der Waals surface area contributed by atoms with Gasteiger partial charge in [-0.15, -0.1) is 0 Å². The molecule has 0 saturated heterocycles. The summed E-state index contributed by atoms with van der Waals surface area (Å²) in [7, 11) is 2.14. The van der Waals surface area contributed by atoms with Crippen molar-refractivity contribution in [2.75, 3.05) is 0 Å². The summed E-state index contributed by atoms with van der Waals surface area (Å²) in [6, 6.07) is 4.46. The Hall–Kier alpha value is -0.850. The zero-order valence-electron chi connectivity index (χ0n) is 16.8. The normalized spacial score (nSPS) is 11.1. The Bertz CT molecular complexity index is 410. The van der Waals surface area contributed by atoms with E-state index < -0.39 is 0 Å². The molecule has 1 aromatic heterocycles. The standard InChI is InChI=1S/C23H42N/c1-4-5-6-7-8-9-10-11-12-13-14-15-16-17-19-23-20-18-21-24(3)22(23)2/h18,20-21H,4-17,19H2,1-3H3/q+1. The second-order valence-electron chi connectivity index (χ2n) is 7.58. The predicted molar refractivity (Wildman–Crippen MR) is 106 cm³/mol. The lowest BCUT2D eigenvalue weighted by Gasteiger charge is -2.05. The van der Waals surface area contributed by atoms with Gasteiger partial charge >= 0.3 is 0 Å². The summed E-state index contributed by atoms with van der Waals surface area (Å²) in [4.78, 5) is 0. The van der Waals surface area contributed by atoms with Crippen LogP contribution in [0.5, 0.6) is 0 Å². The van der Waals surface area contributed by atoms with Crippen LogP contribution in [0.4, 0.5) is 0 Å². The Morgan fingerprint density at radius 2 is 1.17 bits per heavy atom. The fourth-order valence-corrected chi connectivity index (χ4v) is 3.52. The van der Waals surface area contributed by atoms with Gasteiger partial charge in [0, 0.05) is 18.6 Å². The Labute approximate surface area is 151 Å². The van der Waals surface area contributed by atoms with Crippen molar-refractivity contribution in [3.05, 3.63) is 29.6 Å². The number of pyridine rings is 1. The minimum absolute atomic E-state index is 1.25. The van der Waals surface area contributed by atoms with Gasteiger partial charge in [0.05, 0.1) is 0 Å². The third-order valence-corrected chi connectivity index (χ3v) is 5.40. The van der Waals surface area contributed by atoms with Gasteiger partial charge in [0.25, 0.3) is 0 Å². The Balaban J connectivity index is 1.85. The predicted octanol–water partition coefficient (Wildman–Crippen LogP) is 6.84. The zero-order chi connectivity index (χ0) is 17.5. The summed E-state index contributed by atoms with van der Waals surface area (Å²) in [5, 5.41) is 0. The highest BCUT2D eigenvalue weighted by Crippen LogP contribution is 2.14. The van der Waals surface area contributed by atoms with E-state index in [1.807, 2.05) is 0 Å². The minimum Gasteiger partial charge on any atom is -0.205 e. The molecule has 0 aliphatic carbocycles. The molecule has 0 N–H and O–H groups in total. The molecule has 24 heavy (non-hydrogen) atoms. The van der Waals surface area contributed by atoms with Crippen molar-refractivity contribution < 1.29 is 4.57 Å². The molecular weight excluding hydrogens is 290 g/mol. The number of aryl methyl sites for hydroxylation is 2. The highest BCUT2D eigenvalue weighted by molar-refractivity contribution is 5.14. The maximum Gasteiger partial charge on any atom is 0.181 e. The molecule has 0 bridgehead atoms. The molecule has 1 nitrogen and oxygen atoms in total. The first-order valence-electron chi connectivity index (χ1n) is 10.7. The summed E-state index contributed by atoms with van der Waals surface area (Å²) >= 11 is 0. The number of hydrogen-bond acceptors (Lipinski definition) is 0. The molecular formula is C23H42N+. The number of rotatable bonds is 15. The molecule has 0 aromatic carbocycles. The Kier molecular flexibility index (Phi) is 12.8. The average Bonchev–Trinajstić information content (AvgIpc) is 2.58. The van der Waals surface area contributed by atoms with Crippen molar-refractivity contribution in [2.24, 2.45) is 7.05 Å². The summed E-state index contributed by atoms with van der Waals surface area (Å²) in [5.74, 6) is 0. The lowest BCUT2D eigenvalue weighted by atomic mass is 10.0. The third-order valence-electron chi connectivity index (χ3n) is 5.40. The minimum atomic E-state index is 1.25. The number of nitrogens with zero attached hydrogens (tertiary/aromatic N) is 1. The first-order chi connectivity index (χ1) is 11.8. The molecule has 138 valence electrons. The van der Waals surface area contributed by atoms with E-state index in [-0.39, 0.29) is 0 Å². The number of aromatic nitrogens is 1. The molecule has 0 saturated carbocycles. The van der Waals surface area contributed by atoms with Crippen molar-refractivity contribution in [1.29, 1.82) is 0 Å². The van der Waals surface area contributed by atoms with Gasteiger partial charge in [-0.3, -0.25) is 0 Å². The zero-order valence-corrected chi connectivity index (χ0v) is 16.8. The molecule has 0 radical (unpaired) electrons. The van der Waals surface area contributed by atoms with Gasteiger partial charge in [-0.1, -0.05) is 90.4 Å². The lowest BCUT2D eigenvalue weighted by Crippen LogP contribution is -2.32. The van der Waals surface area contributed by atoms with Crippen LogP contribution in [0.2, 0.25) is 0 Å². The van der Waals surface area contributed by atoms with Gasteiger partial charge in [0.2, 0.25) is 0 Å². The molecule has 0 unspecified atom stereocenters. The van der Waals surface area contributed by atoms with Crippen LogP contribution in [0, 0.1) is 6.92 Å². The summed E-state index contributed by atoms with van der Waals surface area (Å²) in [6.07, 6.45) is 23.5. The molecule has 1 heteroatoms. The average molecular weight is 333 g/mol. The molecule has 0 atom stereocenters. The van der Waals surface area contributed by atoms with E-state index in [2.05, 4.69) is 43.8 Å². The van der Waals surface area contributed by atoms with Gasteiger partial charge in [-0.2, -0.15) is 0 Å². The van der Waals surface area contributed by atoms with Crippen LogP contribution in [0.15, 0.2) is 18.3 Å². The maximum atomic E-state index is 2.29. The van der Waals surface area contributed by atoms with E-state index in [9.17, 15) is 0 Å². The largest absolute Gasteiger partial charge is 0.205 e. The van der Waals surface area contributed by atoms with Gasteiger partial charge in [0.15, 0.2) is 11.9 Å². The van der Waals surface area contributed by atoms with Crippen LogP contribution < -0.4 is 4.57 Å². The molecule has 1 heterocycles. The maximum absolute atomic E-state index is 2.29. The van der Waals surface area contributed by atoms with Gasteiger partial charge in [-0.05, 0) is 18.9 Å². The molecule has 0 aliphatic heterocycles. The Morgan fingerprint density at radius 3 is 1.67 bits per heavy atom. The summed E-state index contributed by atoms with van der Waals surface area (Å²) in [6.45, 7) is 4.53. The van der Waals surface area contributed by atoms with Crippen LogP contribution in [0.1, 0.15) is 108 Å². The SMILES string of the molecule is CCCCCCCCCCCCCCCCc1ccc[n+](C)c1C. The second kappa shape index (κ2) is 14.5. The van der Waals surface area contributed by atoms with Gasteiger partial charge in [0.1, 0.15) is 7.05 Å². The summed E-state index contributed by atoms with van der Waals surface area (Å²) < 4.78 is 2.24. The monoisotopic (exact) mass is 332 g/mol. The van der Waals surface area contributed by atoms with E-state index in [1.54, 1.807) is 0 Å². The summed E-state index contributed by atoms with van der Waals surface area (Å²) in [5.41, 5.74) is 2.95. The van der Waals surface area contributed by atoms with Crippen LogP contribution in [-0.2, 0) is 13.5 Å². The molecule has 0 fully saturated rings. The molecule has 0 aliphatic rings. The quantitative estimate of drug-likeness (QED) is 0.244. The molecule has 0 amide bonds. The van der Waals surface area contributed by atoms with Crippen LogP contribution in [-0.4, -0.2) is 0 Å². The van der Waals surface area contributed by atoms with E-state index in [4.69, 9.17) is 0 Å². The third kappa shape index (κ3) is 10.1. The Morgan fingerprint density at radius 1 is 0.708 bits per heavy atom. The van der Waals surface area contributed by atoms with Crippen molar-refractivity contribution in [3.63, 3.8) is 0 Å². The van der Waals surface area contributed by atoms with Gasteiger partial charge in [-0.25, -0.2) is 4.57 Å². The fraction of sp³-hybridized carbons (Fsp3) is 0.783. The molecule has 1 aromatic rings. The van der Waals surface area contributed by atoms with Crippen LogP contribution in [0.3, 0.4) is 0 Å².